The van der Waals surface area contributed by atoms with Gasteiger partial charge in [-0.05, 0) is 0 Å². The maximum absolute atomic E-state index is 11.6. The van der Waals surface area contributed by atoms with Gasteiger partial charge < -0.3 is 10.6 Å². The molecule has 2 amide bonds. The van der Waals surface area contributed by atoms with Crippen molar-refractivity contribution in [1.29, 1.82) is 0 Å². The summed E-state index contributed by atoms with van der Waals surface area (Å²) in [6.07, 6.45) is 0.872. The van der Waals surface area contributed by atoms with Crippen LogP contribution in [0.25, 0.3) is 0 Å². The number of Topliss-reactive ketones (excluding diaryl/α,β-unsaturated/α-hetero) is 2. The first-order valence-corrected chi connectivity index (χ1v) is 8.91. The fourth-order valence-corrected chi connectivity index (χ4v) is 4.55. The minimum atomic E-state index is -0.421. The molecule has 2 unspecified atom stereocenters. The maximum Gasteiger partial charge on any atom is 0.224 e. The molecule has 2 saturated heterocycles. The van der Waals surface area contributed by atoms with Crippen molar-refractivity contribution >= 4 is 45.0 Å². The van der Waals surface area contributed by atoms with Gasteiger partial charge in [0.2, 0.25) is 11.8 Å². The summed E-state index contributed by atoms with van der Waals surface area (Å²) in [4.78, 5) is 45.6. The summed E-state index contributed by atoms with van der Waals surface area (Å²) in [7, 11) is 2.91. The summed E-state index contributed by atoms with van der Waals surface area (Å²) >= 11 is 0. The smallest absolute Gasteiger partial charge is 0.224 e. The van der Waals surface area contributed by atoms with E-state index in [4.69, 9.17) is 0 Å². The summed E-state index contributed by atoms with van der Waals surface area (Å²) in [6, 6.07) is -0.421. The third-order valence-corrected chi connectivity index (χ3v) is 5.71. The Morgan fingerprint density at radius 3 is 2.60 bits per heavy atom. The van der Waals surface area contributed by atoms with Gasteiger partial charge in [-0.15, -0.1) is 0 Å². The van der Waals surface area contributed by atoms with Crippen LogP contribution in [-0.2, 0) is 19.2 Å². The summed E-state index contributed by atoms with van der Waals surface area (Å²) in [5, 5.41) is 5.23. The Bertz CT molecular complexity index is 401. The SMILES string of the molecule is O=C1CNC(=O)C(CSSCC2NC(=O)CCC2=O)C1. The van der Waals surface area contributed by atoms with E-state index >= 15 is 0 Å². The fraction of sp³-hybridized carbons (Fsp3) is 0.667. The highest BCUT2D eigenvalue weighted by atomic mass is 33.1. The van der Waals surface area contributed by atoms with Crippen molar-refractivity contribution in [1.82, 2.24) is 10.6 Å². The first-order valence-electron chi connectivity index (χ1n) is 6.42. The van der Waals surface area contributed by atoms with Crippen molar-refractivity contribution < 1.29 is 19.2 Å². The molecule has 0 bridgehead atoms. The van der Waals surface area contributed by atoms with Crippen LogP contribution in [0.4, 0.5) is 0 Å². The molecular weight excluding hydrogens is 300 g/mol. The zero-order chi connectivity index (χ0) is 14.5. The van der Waals surface area contributed by atoms with E-state index < -0.39 is 6.04 Å². The van der Waals surface area contributed by atoms with Gasteiger partial charge in [0.25, 0.3) is 0 Å². The lowest BCUT2D eigenvalue weighted by Gasteiger charge is -2.22. The standard InChI is InChI=1S/C12H16N2O4S2/c15-8-3-7(12(18)13-4-8)5-19-20-6-9-10(16)1-2-11(17)14-9/h7,9H,1-6H2,(H,13,18)(H,14,17). The molecule has 0 radical (unpaired) electrons. The second kappa shape index (κ2) is 7.12. The molecule has 8 heteroatoms. The van der Waals surface area contributed by atoms with Crippen molar-refractivity contribution in [3.05, 3.63) is 0 Å². The summed E-state index contributed by atoms with van der Waals surface area (Å²) < 4.78 is 0. The van der Waals surface area contributed by atoms with Gasteiger partial charge in [-0.3, -0.25) is 19.2 Å². The van der Waals surface area contributed by atoms with Crippen LogP contribution in [0.1, 0.15) is 19.3 Å². The van der Waals surface area contributed by atoms with E-state index in [1.165, 1.54) is 21.6 Å². The Balaban J connectivity index is 1.68. The third-order valence-electron chi connectivity index (χ3n) is 3.21. The molecule has 6 nitrogen and oxygen atoms in total. The molecule has 2 N–H and O–H groups in total. The number of piperidine rings is 2. The second-order valence-electron chi connectivity index (χ2n) is 4.81. The number of carbonyl (C=O) groups is 4. The van der Waals surface area contributed by atoms with Crippen molar-refractivity contribution in [2.24, 2.45) is 5.92 Å². The Kier molecular flexibility index (Phi) is 5.47. The molecule has 2 aliphatic rings. The number of hydrogen-bond acceptors (Lipinski definition) is 6. The first kappa shape index (κ1) is 15.4. The highest BCUT2D eigenvalue weighted by Crippen LogP contribution is 2.27. The lowest BCUT2D eigenvalue weighted by molar-refractivity contribution is -0.133. The largest absolute Gasteiger partial charge is 0.349 e. The number of amides is 2. The molecule has 0 aromatic rings. The molecule has 2 atom stereocenters. The van der Waals surface area contributed by atoms with Gasteiger partial charge in [0.1, 0.15) is 0 Å². The van der Waals surface area contributed by atoms with Gasteiger partial charge in [0, 0.05) is 30.8 Å². The Morgan fingerprint density at radius 1 is 1.05 bits per heavy atom. The summed E-state index contributed by atoms with van der Waals surface area (Å²) in [5.74, 6) is 0.690. The molecule has 2 heterocycles. The number of rotatable bonds is 5. The Hall–Kier alpha value is -1.02. The number of carbonyl (C=O) groups excluding carboxylic acids is 4. The molecule has 0 aromatic heterocycles. The topological polar surface area (TPSA) is 92.3 Å². The first-order chi connectivity index (χ1) is 9.56. The molecule has 0 saturated carbocycles. The van der Waals surface area contributed by atoms with E-state index in [9.17, 15) is 19.2 Å². The lowest BCUT2D eigenvalue weighted by atomic mass is 10.00. The van der Waals surface area contributed by atoms with E-state index in [1.54, 1.807) is 0 Å². The van der Waals surface area contributed by atoms with Crippen LogP contribution in [0.5, 0.6) is 0 Å². The van der Waals surface area contributed by atoms with Gasteiger partial charge in [-0.1, -0.05) is 21.6 Å². The minimum Gasteiger partial charge on any atom is -0.349 e. The highest BCUT2D eigenvalue weighted by molar-refractivity contribution is 8.76. The monoisotopic (exact) mass is 316 g/mol. The average molecular weight is 316 g/mol. The molecule has 0 spiro atoms. The highest BCUT2D eigenvalue weighted by Gasteiger charge is 2.28. The number of nitrogens with one attached hydrogen (secondary N) is 2. The molecule has 2 fully saturated rings. The predicted molar refractivity (Wildman–Crippen MR) is 77.2 cm³/mol. The van der Waals surface area contributed by atoms with Crippen LogP contribution in [0.3, 0.4) is 0 Å². The Morgan fingerprint density at radius 2 is 1.80 bits per heavy atom. The van der Waals surface area contributed by atoms with E-state index in [0.29, 0.717) is 24.3 Å². The fourth-order valence-electron chi connectivity index (χ4n) is 2.04. The molecule has 20 heavy (non-hydrogen) atoms. The van der Waals surface area contributed by atoms with Crippen LogP contribution >= 0.6 is 21.6 Å². The van der Waals surface area contributed by atoms with Crippen molar-refractivity contribution in [3.63, 3.8) is 0 Å². The molecule has 0 aromatic carbocycles. The second-order valence-corrected chi connectivity index (χ2v) is 7.37. The molecular formula is C12H16N2O4S2. The van der Waals surface area contributed by atoms with Crippen LogP contribution in [0.2, 0.25) is 0 Å². The van der Waals surface area contributed by atoms with E-state index in [-0.39, 0.29) is 42.3 Å². The van der Waals surface area contributed by atoms with Crippen molar-refractivity contribution in [2.75, 3.05) is 18.1 Å². The Labute approximate surface area is 124 Å². The molecule has 0 aliphatic carbocycles. The quantitative estimate of drug-likeness (QED) is 0.544. The van der Waals surface area contributed by atoms with E-state index in [1.807, 2.05) is 0 Å². The zero-order valence-corrected chi connectivity index (χ0v) is 12.5. The van der Waals surface area contributed by atoms with Gasteiger partial charge in [-0.25, -0.2) is 0 Å². The predicted octanol–water partition coefficient (Wildman–Crippen LogP) is -0.0793. The van der Waals surface area contributed by atoms with E-state index in [2.05, 4.69) is 10.6 Å². The lowest BCUT2D eigenvalue weighted by Crippen LogP contribution is -2.46. The third kappa shape index (κ3) is 4.24. The van der Waals surface area contributed by atoms with Crippen molar-refractivity contribution in [2.45, 2.75) is 25.3 Å². The van der Waals surface area contributed by atoms with Gasteiger partial charge >= 0.3 is 0 Å². The summed E-state index contributed by atoms with van der Waals surface area (Å²) in [5.41, 5.74) is 0. The molecule has 110 valence electrons. The van der Waals surface area contributed by atoms with E-state index in [0.717, 1.165) is 0 Å². The summed E-state index contributed by atoms with van der Waals surface area (Å²) in [6.45, 7) is 0.135. The van der Waals surface area contributed by atoms with Crippen molar-refractivity contribution in [3.8, 4) is 0 Å². The number of ketones is 2. The molecule has 2 rings (SSSR count). The minimum absolute atomic E-state index is 0.0509. The zero-order valence-electron chi connectivity index (χ0n) is 10.8. The van der Waals surface area contributed by atoms with Crippen LogP contribution in [0, 0.1) is 5.92 Å². The van der Waals surface area contributed by atoms with Crippen LogP contribution in [-0.4, -0.2) is 47.5 Å². The average Bonchev–Trinajstić information content (AvgIpc) is 2.42. The van der Waals surface area contributed by atoms with Crippen LogP contribution < -0.4 is 10.6 Å². The normalized spacial score (nSPS) is 27.2. The van der Waals surface area contributed by atoms with Crippen LogP contribution in [0.15, 0.2) is 0 Å². The molecule has 2 aliphatic heterocycles. The van der Waals surface area contributed by atoms with Gasteiger partial charge in [0.15, 0.2) is 11.6 Å². The van der Waals surface area contributed by atoms with Gasteiger partial charge in [0.05, 0.1) is 18.5 Å². The maximum atomic E-state index is 11.6. The number of hydrogen-bond donors (Lipinski definition) is 2. The van der Waals surface area contributed by atoms with Gasteiger partial charge in [-0.2, -0.15) is 0 Å².